The summed E-state index contributed by atoms with van der Waals surface area (Å²) in [7, 11) is 0. The van der Waals surface area contributed by atoms with Gasteiger partial charge in [-0.15, -0.1) is 0 Å². The van der Waals surface area contributed by atoms with Gasteiger partial charge in [0.1, 0.15) is 11.0 Å². The zero-order valence-corrected chi connectivity index (χ0v) is 10.8. The van der Waals surface area contributed by atoms with Crippen molar-refractivity contribution in [3.8, 4) is 0 Å². The van der Waals surface area contributed by atoms with Crippen LogP contribution in [-0.2, 0) is 0 Å². The average molecular weight is 280 g/mol. The predicted octanol–water partition coefficient (Wildman–Crippen LogP) is 3.02. The molecule has 4 nitrogen and oxygen atoms in total. The summed E-state index contributed by atoms with van der Waals surface area (Å²) in [5.41, 5.74) is 6.78. The molecule has 0 bridgehead atoms. The number of carbonyl (C=O) groups is 1. The zero-order chi connectivity index (χ0) is 14.0. The van der Waals surface area contributed by atoms with E-state index in [9.17, 15) is 9.18 Å². The van der Waals surface area contributed by atoms with Crippen LogP contribution in [0.4, 0.5) is 15.8 Å². The molecule has 3 N–H and O–H groups in total. The minimum absolute atomic E-state index is 0.0132. The highest BCUT2D eigenvalue weighted by Gasteiger charge is 2.14. The summed E-state index contributed by atoms with van der Waals surface area (Å²) in [5, 5.41) is 2.44. The Labute approximate surface area is 114 Å². The van der Waals surface area contributed by atoms with E-state index in [-0.39, 0.29) is 16.4 Å². The Morgan fingerprint density at radius 2 is 2.16 bits per heavy atom. The standard InChI is InChI=1S/C13H11ClFN3O/c1-7-2-3-11(10(15)4-7)18-13(19)9-5-8(16)6-17-12(9)14/h2-6H,16H2,1H3,(H,18,19). The molecule has 1 aromatic carbocycles. The minimum Gasteiger partial charge on any atom is -0.397 e. The first-order valence-corrected chi connectivity index (χ1v) is 5.83. The SMILES string of the molecule is Cc1ccc(NC(=O)c2cc(N)cnc2Cl)c(F)c1. The number of rotatable bonds is 2. The number of nitrogens with one attached hydrogen (secondary N) is 1. The molecule has 0 fully saturated rings. The highest BCUT2D eigenvalue weighted by Crippen LogP contribution is 2.20. The van der Waals surface area contributed by atoms with Crippen molar-refractivity contribution in [3.63, 3.8) is 0 Å². The second-order valence-electron chi connectivity index (χ2n) is 4.04. The minimum atomic E-state index is -0.562. The number of benzene rings is 1. The Kier molecular flexibility index (Phi) is 3.66. The molecule has 0 aliphatic rings. The zero-order valence-electron chi connectivity index (χ0n) is 10.1. The van der Waals surface area contributed by atoms with Crippen molar-refractivity contribution in [2.24, 2.45) is 0 Å². The monoisotopic (exact) mass is 279 g/mol. The predicted molar refractivity (Wildman–Crippen MR) is 72.7 cm³/mol. The van der Waals surface area contributed by atoms with Gasteiger partial charge >= 0.3 is 0 Å². The molecule has 0 spiro atoms. The molecule has 0 unspecified atom stereocenters. The van der Waals surface area contributed by atoms with Gasteiger partial charge in [-0.05, 0) is 30.7 Å². The molecular formula is C13H11ClFN3O. The molecular weight excluding hydrogens is 269 g/mol. The number of pyridine rings is 1. The van der Waals surface area contributed by atoms with Gasteiger partial charge in [0, 0.05) is 0 Å². The Morgan fingerprint density at radius 1 is 1.42 bits per heavy atom. The number of hydrogen-bond donors (Lipinski definition) is 2. The quantitative estimate of drug-likeness (QED) is 0.830. The topological polar surface area (TPSA) is 68.0 Å². The van der Waals surface area contributed by atoms with Crippen molar-refractivity contribution in [2.45, 2.75) is 6.92 Å². The number of nitrogens with zero attached hydrogens (tertiary/aromatic N) is 1. The third kappa shape index (κ3) is 3.00. The van der Waals surface area contributed by atoms with Gasteiger partial charge in [-0.1, -0.05) is 17.7 Å². The lowest BCUT2D eigenvalue weighted by molar-refractivity contribution is 0.102. The van der Waals surface area contributed by atoms with Crippen molar-refractivity contribution in [1.29, 1.82) is 0 Å². The fraction of sp³-hybridized carbons (Fsp3) is 0.0769. The van der Waals surface area contributed by atoms with Crippen LogP contribution in [0.2, 0.25) is 5.15 Å². The van der Waals surface area contributed by atoms with Crippen LogP contribution >= 0.6 is 11.6 Å². The van der Waals surface area contributed by atoms with E-state index in [1.165, 1.54) is 24.4 Å². The second-order valence-corrected chi connectivity index (χ2v) is 4.40. The third-order valence-electron chi connectivity index (χ3n) is 2.48. The summed E-state index contributed by atoms with van der Waals surface area (Å²) >= 11 is 5.80. The smallest absolute Gasteiger partial charge is 0.258 e. The van der Waals surface area contributed by atoms with E-state index < -0.39 is 11.7 Å². The lowest BCUT2D eigenvalue weighted by Crippen LogP contribution is -2.14. The van der Waals surface area contributed by atoms with Crippen LogP contribution in [0.5, 0.6) is 0 Å². The number of aryl methyl sites for hydroxylation is 1. The summed E-state index contributed by atoms with van der Waals surface area (Å²) < 4.78 is 13.6. The Bertz CT molecular complexity index is 646. The largest absolute Gasteiger partial charge is 0.397 e. The number of anilines is 2. The molecule has 0 aliphatic carbocycles. The molecule has 6 heteroatoms. The van der Waals surface area contributed by atoms with Gasteiger partial charge in [0.15, 0.2) is 0 Å². The van der Waals surface area contributed by atoms with E-state index in [4.69, 9.17) is 17.3 Å². The summed E-state index contributed by atoms with van der Waals surface area (Å²) in [6, 6.07) is 5.89. The lowest BCUT2D eigenvalue weighted by atomic mass is 10.2. The number of halogens is 2. The third-order valence-corrected chi connectivity index (χ3v) is 2.78. The summed E-state index contributed by atoms with van der Waals surface area (Å²) in [4.78, 5) is 15.7. The molecule has 2 aromatic rings. The molecule has 1 aromatic heterocycles. The molecule has 0 saturated heterocycles. The second kappa shape index (κ2) is 5.24. The van der Waals surface area contributed by atoms with Gasteiger partial charge < -0.3 is 11.1 Å². The van der Waals surface area contributed by atoms with Crippen LogP contribution in [0.15, 0.2) is 30.5 Å². The van der Waals surface area contributed by atoms with Crippen LogP contribution in [0.3, 0.4) is 0 Å². The van der Waals surface area contributed by atoms with E-state index in [2.05, 4.69) is 10.3 Å². The van der Waals surface area contributed by atoms with E-state index in [0.29, 0.717) is 5.69 Å². The first-order chi connectivity index (χ1) is 8.97. The van der Waals surface area contributed by atoms with Crippen LogP contribution in [0.1, 0.15) is 15.9 Å². The summed E-state index contributed by atoms with van der Waals surface area (Å²) in [6.07, 6.45) is 1.34. The van der Waals surface area contributed by atoms with E-state index in [1.54, 1.807) is 13.0 Å². The number of hydrogen-bond acceptors (Lipinski definition) is 3. The molecule has 0 radical (unpaired) electrons. The molecule has 2 rings (SSSR count). The van der Waals surface area contributed by atoms with E-state index >= 15 is 0 Å². The maximum absolute atomic E-state index is 13.6. The van der Waals surface area contributed by atoms with Crippen LogP contribution in [-0.4, -0.2) is 10.9 Å². The molecule has 0 saturated carbocycles. The van der Waals surface area contributed by atoms with Crippen LogP contribution in [0.25, 0.3) is 0 Å². The van der Waals surface area contributed by atoms with Crippen molar-refractivity contribution in [3.05, 3.63) is 52.6 Å². The molecule has 0 aliphatic heterocycles. The van der Waals surface area contributed by atoms with Crippen LogP contribution in [0, 0.1) is 12.7 Å². The molecule has 1 heterocycles. The van der Waals surface area contributed by atoms with Gasteiger partial charge in [0.05, 0.1) is 23.1 Å². The summed E-state index contributed by atoms with van der Waals surface area (Å²) in [5.74, 6) is -1.08. The Hall–Kier alpha value is -2.14. The number of carbonyl (C=O) groups excluding carboxylic acids is 1. The summed E-state index contributed by atoms with van der Waals surface area (Å²) in [6.45, 7) is 1.76. The van der Waals surface area contributed by atoms with Gasteiger partial charge in [0.2, 0.25) is 0 Å². The van der Waals surface area contributed by atoms with Crippen molar-refractivity contribution in [2.75, 3.05) is 11.1 Å². The normalized spacial score (nSPS) is 10.3. The van der Waals surface area contributed by atoms with Gasteiger partial charge in [-0.3, -0.25) is 4.79 Å². The van der Waals surface area contributed by atoms with Crippen molar-refractivity contribution >= 4 is 28.9 Å². The number of aromatic nitrogens is 1. The molecule has 0 atom stereocenters. The molecule has 1 amide bonds. The van der Waals surface area contributed by atoms with Gasteiger partial charge in [-0.25, -0.2) is 9.37 Å². The van der Waals surface area contributed by atoms with Crippen molar-refractivity contribution in [1.82, 2.24) is 4.98 Å². The maximum Gasteiger partial charge on any atom is 0.258 e. The fourth-order valence-electron chi connectivity index (χ4n) is 1.53. The Morgan fingerprint density at radius 3 is 2.84 bits per heavy atom. The number of nitrogen functional groups attached to an aromatic ring is 1. The number of nitrogens with two attached hydrogens (primary N) is 1. The average Bonchev–Trinajstić information content (AvgIpc) is 2.35. The Balaban J connectivity index is 2.28. The van der Waals surface area contributed by atoms with Crippen LogP contribution < -0.4 is 11.1 Å². The van der Waals surface area contributed by atoms with Gasteiger partial charge in [-0.2, -0.15) is 0 Å². The highest BCUT2D eigenvalue weighted by atomic mass is 35.5. The maximum atomic E-state index is 13.6. The van der Waals surface area contributed by atoms with E-state index in [0.717, 1.165) is 5.56 Å². The van der Waals surface area contributed by atoms with Gasteiger partial charge in [0.25, 0.3) is 5.91 Å². The van der Waals surface area contributed by atoms with Crippen molar-refractivity contribution < 1.29 is 9.18 Å². The first-order valence-electron chi connectivity index (χ1n) is 5.46. The molecule has 19 heavy (non-hydrogen) atoms. The number of amides is 1. The van der Waals surface area contributed by atoms with E-state index in [1.807, 2.05) is 0 Å². The fourth-order valence-corrected chi connectivity index (χ4v) is 1.72. The first kappa shape index (κ1) is 13.3. The lowest BCUT2D eigenvalue weighted by Gasteiger charge is -2.08. The molecule has 98 valence electrons. The highest BCUT2D eigenvalue weighted by molar-refractivity contribution is 6.33.